The molecule has 0 saturated heterocycles. The van der Waals surface area contributed by atoms with Gasteiger partial charge in [-0.05, 0) is 93.3 Å². The highest BCUT2D eigenvalue weighted by atomic mass is 16.3. The van der Waals surface area contributed by atoms with E-state index in [4.69, 9.17) is 4.42 Å². The number of aromatic nitrogens is 4. The predicted octanol–water partition coefficient (Wildman–Crippen LogP) is 19.7. The molecule has 18 rings (SSSR count). The van der Waals surface area contributed by atoms with Gasteiger partial charge < -0.3 is 22.7 Å². The molecule has 7 nitrogen and oxygen atoms in total. The highest BCUT2D eigenvalue weighted by Crippen LogP contribution is 2.51. The number of hydrogen-bond acceptors (Lipinski definition) is 3. The fourth-order valence-electron chi connectivity index (χ4n) is 14.2. The van der Waals surface area contributed by atoms with E-state index in [0.717, 1.165) is 125 Å². The standard InChI is InChI=1S/C76H42N6O/c77-43-61-71(79-63-30-12-5-23-50(63)51-24-6-13-31-64(51)79)62(44-78)73(81-67-34-16-9-27-54(67)55-28-10-17-35-68(55)81)75(72(61)80-65-32-14-7-25-52(65)53-26-8-15-33-66(53)80)82-69-42-46(60-41-45-19-1-2-20-47(45)48-21-3-4-22-49(48)60)37-38-56(69)58-39-40-59-57-29-11-18-36-70(57)83-76(59)74(58)82/h1-42H. The van der Waals surface area contributed by atoms with Crippen LogP contribution in [0.25, 0.3) is 165 Å². The first-order chi connectivity index (χ1) is 41.2. The number of para-hydroxylation sites is 7. The normalized spacial score (nSPS) is 12.1. The lowest BCUT2D eigenvalue weighted by Gasteiger charge is -2.27. The molecule has 13 aromatic carbocycles. The summed E-state index contributed by atoms with van der Waals surface area (Å²) in [6.07, 6.45) is 0. The highest BCUT2D eigenvalue weighted by Gasteiger charge is 2.35. The van der Waals surface area contributed by atoms with E-state index in [1.807, 2.05) is 24.3 Å². The van der Waals surface area contributed by atoms with Crippen LogP contribution in [0.4, 0.5) is 0 Å². The summed E-state index contributed by atoms with van der Waals surface area (Å²) in [6, 6.07) is 95.6. The van der Waals surface area contributed by atoms with Gasteiger partial charge >= 0.3 is 0 Å². The van der Waals surface area contributed by atoms with Crippen LogP contribution < -0.4 is 0 Å². The smallest absolute Gasteiger partial charge is 0.160 e. The quantitative estimate of drug-likeness (QED) is 0.161. The van der Waals surface area contributed by atoms with Crippen molar-refractivity contribution >= 4 is 131 Å². The lowest BCUT2D eigenvalue weighted by molar-refractivity contribution is 0.671. The maximum atomic E-state index is 12.7. The minimum Gasteiger partial charge on any atom is -0.454 e. The number of fused-ring (bicyclic) bond motifs is 19. The SMILES string of the molecule is N#Cc1c(-n2c3ccccc3c3ccccc32)c(C#N)c(-n2c3ccccc3c3ccccc32)c(-n2c3cc(-c4cc5ccccc5c5ccccc45)ccc3c3ccc4c5ccccc5oc4c32)c1-n1c2ccccc2c2ccccc21. The number of benzene rings is 13. The fraction of sp³-hybridized carbons (Fsp3) is 0. The van der Waals surface area contributed by atoms with Gasteiger partial charge in [0.05, 0.1) is 66.9 Å². The summed E-state index contributed by atoms with van der Waals surface area (Å²) in [5.74, 6) is 0. The Morgan fingerprint density at radius 3 is 1.17 bits per heavy atom. The van der Waals surface area contributed by atoms with E-state index in [0.29, 0.717) is 39.5 Å². The number of rotatable bonds is 5. The van der Waals surface area contributed by atoms with Crippen molar-refractivity contribution in [2.45, 2.75) is 0 Å². The molecule has 0 aliphatic carbocycles. The van der Waals surface area contributed by atoms with Gasteiger partial charge in [-0.3, -0.25) is 0 Å². The van der Waals surface area contributed by atoms with Gasteiger partial charge in [-0.2, -0.15) is 10.5 Å². The molecule has 0 atom stereocenters. The van der Waals surface area contributed by atoms with Crippen LogP contribution in [0, 0.1) is 22.7 Å². The number of furan rings is 1. The lowest BCUT2D eigenvalue weighted by atomic mass is 9.93. The molecule has 0 N–H and O–H groups in total. The van der Waals surface area contributed by atoms with E-state index in [1.54, 1.807) is 0 Å². The topological polar surface area (TPSA) is 80.4 Å². The van der Waals surface area contributed by atoms with Crippen molar-refractivity contribution in [3.63, 3.8) is 0 Å². The summed E-state index contributed by atoms with van der Waals surface area (Å²) in [5.41, 5.74) is 13.7. The molecule has 7 heteroatoms. The first-order valence-electron chi connectivity index (χ1n) is 28.0. The molecule has 0 aliphatic heterocycles. The van der Waals surface area contributed by atoms with Crippen LogP contribution in [0.3, 0.4) is 0 Å². The van der Waals surface area contributed by atoms with Crippen LogP contribution >= 0.6 is 0 Å². The molecule has 5 aromatic heterocycles. The second-order valence-electron chi connectivity index (χ2n) is 21.7. The third-order valence-electron chi connectivity index (χ3n) is 17.6. The van der Waals surface area contributed by atoms with Gasteiger partial charge in [0.25, 0.3) is 0 Å². The van der Waals surface area contributed by atoms with E-state index in [-0.39, 0.29) is 0 Å². The molecule has 382 valence electrons. The first-order valence-corrected chi connectivity index (χ1v) is 28.0. The van der Waals surface area contributed by atoms with E-state index < -0.39 is 0 Å². The van der Waals surface area contributed by atoms with E-state index in [2.05, 4.69) is 261 Å². The molecular weight excluding hydrogens is 1010 g/mol. The Morgan fingerprint density at radius 2 is 0.663 bits per heavy atom. The van der Waals surface area contributed by atoms with Crippen molar-refractivity contribution < 1.29 is 4.42 Å². The number of nitriles is 2. The molecule has 83 heavy (non-hydrogen) atoms. The van der Waals surface area contributed by atoms with Crippen molar-refractivity contribution in [3.05, 3.63) is 266 Å². The van der Waals surface area contributed by atoms with Crippen LogP contribution in [0.15, 0.2) is 259 Å². The molecule has 0 radical (unpaired) electrons. The average Bonchev–Trinajstić information content (AvgIpc) is 1.96. The van der Waals surface area contributed by atoms with Crippen LogP contribution in [0.2, 0.25) is 0 Å². The van der Waals surface area contributed by atoms with E-state index in [1.165, 1.54) is 10.8 Å². The Hall–Kier alpha value is -11.6. The van der Waals surface area contributed by atoms with Crippen LogP contribution in [-0.2, 0) is 0 Å². The van der Waals surface area contributed by atoms with Crippen LogP contribution in [-0.4, -0.2) is 18.3 Å². The zero-order valence-corrected chi connectivity index (χ0v) is 44.3. The number of nitrogens with zero attached hydrogens (tertiary/aromatic N) is 6. The Balaban J connectivity index is 1.15. The highest BCUT2D eigenvalue weighted by molar-refractivity contribution is 6.24. The molecule has 0 bridgehead atoms. The summed E-state index contributed by atoms with van der Waals surface area (Å²) < 4.78 is 16.4. The van der Waals surface area contributed by atoms with Crippen molar-refractivity contribution in [3.8, 4) is 46.0 Å². The van der Waals surface area contributed by atoms with Gasteiger partial charge in [-0.15, -0.1) is 0 Å². The maximum Gasteiger partial charge on any atom is 0.160 e. The predicted molar refractivity (Wildman–Crippen MR) is 341 cm³/mol. The molecule has 0 unspecified atom stereocenters. The zero-order valence-electron chi connectivity index (χ0n) is 44.3. The summed E-state index contributed by atoms with van der Waals surface area (Å²) in [5, 5.41) is 40.2. The van der Waals surface area contributed by atoms with Crippen molar-refractivity contribution in [2.75, 3.05) is 0 Å². The third kappa shape index (κ3) is 6.04. The van der Waals surface area contributed by atoms with Gasteiger partial charge in [-0.25, -0.2) is 0 Å². The average molecular weight is 1060 g/mol. The maximum absolute atomic E-state index is 12.7. The molecule has 0 spiro atoms. The summed E-state index contributed by atoms with van der Waals surface area (Å²) in [7, 11) is 0. The minimum absolute atomic E-state index is 0.336. The van der Waals surface area contributed by atoms with Crippen LogP contribution in [0.5, 0.6) is 0 Å². The fourth-order valence-corrected chi connectivity index (χ4v) is 14.2. The van der Waals surface area contributed by atoms with Gasteiger partial charge in [0, 0.05) is 53.9 Å². The Bertz CT molecular complexity index is 5670. The largest absolute Gasteiger partial charge is 0.454 e. The Kier molecular flexibility index (Phi) is 9.23. The van der Waals surface area contributed by atoms with E-state index >= 15 is 0 Å². The van der Waals surface area contributed by atoms with E-state index in [9.17, 15) is 10.5 Å². The Morgan fingerprint density at radius 1 is 0.277 bits per heavy atom. The summed E-state index contributed by atoms with van der Waals surface area (Å²) in [4.78, 5) is 0. The number of hydrogen-bond donors (Lipinski definition) is 0. The second-order valence-corrected chi connectivity index (χ2v) is 21.7. The van der Waals surface area contributed by atoms with Gasteiger partial charge in [0.15, 0.2) is 5.58 Å². The molecule has 18 aromatic rings. The molecule has 5 heterocycles. The minimum atomic E-state index is 0.336. The molecule has 0 fully saturated rings. The van der Waals surface area contributed by atoms with Gasteiger partial charge in [-0.1, -0.05) is 194 Å². The molecule has 0 amide bonds. The zero-order chi connectivity index (χ0) is 54.6. The first kappa shape index (κ1) is 45.2. The van der Waals surface area contributed by atoms with Crippen molar-refractivity contribution in [1.82, 2.24) is 18.3 Å². The van der Waals surface area contributed by atoms with Crippen molar-refractivity contribution in [2.24, 2.45) is 0 Å². The monoisotopic (exact) mass is 1050 g/mol. The summed E-state index contributed by atoms with van der Waals surface area (Å²) in [6.45, 7) is 0. The Labute approximate surface area is 473 Å². The van der Waals surface area contributed by atoms with Gasteiger partial charge in [0.2, 0.25) is 0 Å². The van der Waals surface area contributed by atoms with Crippen LogP contribution in [0.1, 0.15) is 11.1 Å². The summed E-state index contributed by atoms with van der Waals surface area (Å²) >= 11 is 0. The second kappa shape index (κ2) is 16.9. The lowest BCUT2D eigenvalue weighted by Crippen LogP contribution is -2.17. The molecular formula is C76H42N6O. The van der Waals surface area contributed by atoms with Gasteiger partial charge in [0.1, 0.15) is 28.8 Å². The molecule has 0 saturated carbocycles. The molecule has 0 aliphatic rings. The third-order valence-corrected chi connectivity index (χ3v) is 17.6. The van der Waals surface area contributed by atoms with Crippen molar-refractivity contribution in [1.29, 1.82) is 10.5 Å².